The number of carbonyl (C=O) groups excluding carboxylic acids is 1. The Hall–Kier alpha value is -1.12. The van der Waals surface area contributed by atoms with Crippen molar-refractivity contribution >= 4 is 12.3 Å². The standard InChI is InChI=1S/C8H10O3/c9-5-6-3-1-2-4-7(6)8(10)11/h1-2,5-7H,3-4H2,(H,10,11)/t6-,7-/m1/s1. The zero-order valence-electron chi connectivity index (χ0n) is 6.06. The number of aliphatic carboxylic acids is 1. The van der Waals surface area contributed by atoms with Gasteiger partial charge in [0.2, 0.25) is 0 Å². The molecule has 0 aliphatic heterocycles. The Kier molecular flexibility index (Phi) is 2.41. The Morgan fingerprint density at radius 2 is 2.09 bits per heavy atom. The first-order valence-electron chi connectivity index (χ1n) is 3.59. The zero-order valence-corrected chi connectivity index (χ0v) is 6.06. The summed E-state index contributed by atoms with van der Waals surface area (Å²) in [4.78, 5) is 20.9. The van der Waals surface area contributed by atoms with Crippen molar-refractivity contribution in [2.75, 3.05) is 0 Å². The number of carboxylic acid groups (broad SMARTS) is 1. The molecule has 3 nitrogen and oxygen atoms in total. The molecule has 0 fully saturated rings. The van der Waals surface area contributed by atoms with E-state index in [1.54, 1.807) is 0 Å². The minimum absolute atomic E-state index is 0.322. The van der Waals surface area contributed by atoms with E-state index < -0.39 is 11.9 Å². The minimum atomic E-state index is -0.869. The largest absolute Gasteiger partial charge is 0.481 e. The second-order valence-corrected chi connectivity index (χ2v) is 2.69. The van der Waals surface area contributed by atoms with Crippen molar-refractivity contribution in [3.8, 4) is 0 Å². The number of rotatable bonds is 2. The third-order valence-electron chi connectivity index (χ3n) is 1.97. The lowest BCUT2D eigenvalue weighted by atomic mass is 9.84. The van der Waals surface area contributed by atoms with Crippen molar-refractivity contribution in [1.82, 2.24) is 0 Å². The van der Waals surface area contributed by atoms with Crippen LogP contribution in [0.25, 0.3) is 0 Å². The highest BCUT2D eigenvalue weighted by atomic mass is 16.4. The maximum absolute atomic E-state index is 10.5. The lowest BCUT2D eigenvalue weighted by Gasteiger charge is -2.19. The molecule has 60 valence electrons. The van der Waals surface area contributed by atoms with Gasteiger partial charge in [-0.1, -0.05) is 12.2 Å². The van der Waals surface area contributed by atoms with Crippen LogP contribution in [0.5, 0.6) is 0 Å². The Morgan fingerprint density at radius 1 is 1.45 bits per heavy atom. The molecule has 0 saturated heterocycles. The van der Waals surface area contributed by atoms with E-state index in [0.717, 1.165) is 6.29 Å². The zero-order chi connectivity index (χ0) is 8.27. The van der Waals surface area contributed by atoms with Crippen molar-refractivity contribution in [2.45, 2.75) is 12.8 Å². The third-order valence-corrected chi connectivity index (χ3v) is 1.97. The van der Waals surface area contributed by atoms with Gasteiger partial charge in [-0.25, -0.2) is 0 Å². The normalized spacial score (nSPS) is 29.8. The molecule has 1 N–H and O–H groups in total. The summed E-state index contributed by atoms with van der Waals surface area (Å²) in [6.45, 7) is 0. The molecule has 2 atom stereocenters. The first kappa shape index (κ1) is 7.98. The Morgan fingerprint density at radius 3 is 2.55 bits per heavy atom. The van der Waals surface area contributed by atoms with Crippen molar-refractivity contribution in [3.63, 3.8) is 0 Å². The van der Waals surface area contributed by atoms with Crippen LogP contribution in [0.3, 0.4) is 0 Å². The van der Waals surface area contributed by atoms with Crippen molar-refractivity contribution in [1.29, 1.82) is 0 Å². The molecule has 0 heterocycles. The van der Waals surface area contributed by atoms with Crippen LogP contribution in [0.15, 0.2) is 12.2 Å². The van der Waals surface area contributed by atoms with E-state index in [1.165, 1.54) is 0 Å². The molecule has 11 heavy (non-hydrogen) atoms. The lowest BCUT2D eigenvalue weighted by molar-refractivity contribution is -0.145. The molecule has 0 bridgehead atoms. The average molecular weight is 154 g/mol. The summed E-state index contributed by atoms with van der Waals surface area (Å²) in [7, 11) is 0. The number of carbonyl (C=O) groups is 2. The average Bonchev–Trinajstić information content (AvgIpc) is 2.04. The smallest absolute Gasteiger partial charge is 0.307 e. The molecule has 1 aliphatic rings. The number of hydrogen-bond acceptors (Lipinski definition) is 2. The van der Waals surface area contributed by atoms with Gasteiger partial charge in [-0.2, -0.15) is 0 Å². The highest BCUT2D eigenvalue weighted by molar-refractivity contribution is 5.75. The summed E-state index contributed by atoms with van der Waals surface area (Å²) in [5.74, 6) is -1.69. The van der Waals surface area contributed by atoms with Gasteiger partial charge in [0, 0.05) is 5.92 Å². The summed E-state index contributed by atoms with van der Waals surface area (Å²) in [6, 6.07) is 0. The number of hydrogen-bond donors (Lipinski definition) is 1. The fraction of sp³-hybridized carbons (Fsp3) is 0.500. The van der Waals surface area contributed by atoms with Crippen LogP contribution in [-0.4, -0.2) is 17.4 Å². The molecular formula is C8H10O3. The van der Waals surface area contributed by atoms with Crippen LogP contribution >= 0.6 is 0 Å². The predicted octanol–water partition coefficient (Wildman–Crippen LogP) is 0.852. The van der Waals surface area contributed by atoms with Crippen LogP contribution in [0.1, 0.15) is 12.8 Å². The van der Waals surface area contributed by atoms with Crippen molar-refractivity contribution < 1.29 is 14.7 Å². The van der Waals surface area contributed by atoms with Gasteiger partial charge in [-0.3, -0.25) is 4.79 Å². The van der Waals surface area contributed by atoms with Gasteiger partial charge >= 0.3 is 5.97 Å². The molecule has 0 unspecified atom stereocenters. The molecule has 1 rings (SSSR count). The second kappa shape index (κ2) is 3.32. The maximum Gasteiger partial charge on any atom is 0.307 e. The molecule has 0 saturated carbocycles. The van der Waals surface area contributed by atoms with E-state index in [9.17, 15) is 9.59 Å². The number of aldehydes is 1. The van der Waals surface area contributed by atoms with Crippen LogP contribution in [0, 0.1) is 11.8 Å². The second-order valence-electron chi connectivity index (χ2n) is 2.69. The van der Waals surface area contributed by atoms with Crippen molar-refractivity contribution in [3.05, 3.63) is 12.2 Å². The predicted molar refractivity (Wildman–Crippen MR) is 39.1 cm³/mol. The van der Waals surface area contributed by atoms with E-state index in [2.05, 4.69) is 0 Å². The van der Waals surface area contributed by atoms with Crippen LogP contribution < -0.4 is 0 Å². The monoisotopic (exact) mass is 154 g/mol. The van der Waals surface area contributed by atoms with Gasteiger partial charge in [0.05, 0.1) is 5.92 Å². The number of carboxylic acids is 1. The topological polar surface area (TPSA) is 54.4 Å². The van der Waals surface area contributed by atoms with Crippen LogP contribution in [0.4, 0.5) is 0 Å². The van der Waals surface area contributed by atoms with Gasteiger partial charge in [-0.15, -0.1) is 0 Å². The SMILES string of the molecule is O=C[C@H]1CC=CC[C@H]1C(=O)O. The summed E-state index contributed by atoms with van der Waals surface area (Å²) >= 11 is 0. The van der Waals surface area contributed by atoms with Gasteiger partial charge < -0.3 is 9.90 Å². The molecule has 0 spiro atoms. The fourth-order valence-corrected chi connectivity index (χ4v) is 1.27. The third kappa shape index (κ3) is 1.67. The van der Waals surface area contributed by atoms with Gasteiger partial charge in [0.15, 0.2) is 0 Å². The van der Waals surface area contributed by atoms with Gasteiger partial charge in [-0.05, 0) is 12.8 Å². The summed E-state index contributed by atoms with van der Waals surface area (Å²) in [6.07, 6.45) is 5.47. The molecule has 0 amide bonds. The Balaban J connectivity index is 2.68. The first-order chi connectivity index (χ1) is 5.25. The molecule has 0 radical (unpaired) electrons. The van der Waals surface area contributed by atoms with Crippen molar-refractivity contribution in [2.24, 2.45) is 11.8 Å². The molecule has 0 aromatic rings. The Labute approximate surface area is 64.7 Å². The summed E-state index contributed by atoms with van der Waals surface area (Å²) in [5, 5.41) is 8.65. The molecule has 3 heteroatoms. The molecule has 0 aromatic carbocycles. The highest BCUT2D eigenvalue weighted by Crippen LogP contribution is 2.23. The molecule has 0 aromatic heterocycles. The molecule has 1 aliphatic carbocycles. The van der Waals surface area contributed by atoms with Crippen LogP contribution in [-0.2, 0) is 9.59 Å². The van der Waals surface area contributed by atoms with E-state index in [-0.39, 0.29) is 5.92 Å². The first-order valence-corrected chi connectivity index (χ1v) is 3.59. The van der Waals surface area contributed by atoms with E-state index in [4.69, 9.17) is 5.11 Å². The van der Waals surface area contributed by atoms with Crippen LogP contribution in [0.2, 0.25) is 0 Å². The minimum Gasteiger partial charge on any atom is -0.481 e. The van der Waals surface area contributed by atoms with Gasteiger partial charge in [0.25, 0.3) is 0 Å². The Bertz CT molecular complexity index is 196. The highest BCUT2D eigenvalue weighted by Gasteiger charge is 2.27. The summed E-state index contributed by atoms with van der Waals surface area (Å²) < 4.78 is 0. The quantitative estimate of drug-likeness (QED) is 0.474. The van der Waals surface area contributed by atoms with E-state index >= 15 is 0 Å². The molecular weight excluding hydrogens is 144 g/mol. The maximum atomic E-state index is 10.5. The van der Waals surface area contributed by atoms with Gasteiger partial charge in [0.1, 0.15) is 6.29 Å². The van der Waals surface area contributed by atoms with E-state index in [1.807, 2.05) is 12.2 Å². The lowest BCUT2D eigenvalue weighted by Crippen LogP contribution is -2.25. The summed E-state index contributed by atoms with van der Waals surface area (Å²) in [5.41, 5.74) is 0. The fourth-order valence-electron chi connectivity index (χ4n) is 1.27. The van der Waals surface area contributed by atoms with E-state index in [0.29, 0.717) is 12.8 Å². The number of allylic oxidation sites excluding steroid dienone is 2.